The van der Waals surface area contributed by atoms with E-state index in [-0.39, 0.29) is 11.6 Å². The van der Waals surface area contributed by atoms with Gasteiger partial charge in [0.05, 0.1) is 11.4 Å². The summed E-state index contributed by atoms with van der Waals surface area (Å²) in [7, 11) is 0. The third-order valence-corrected chi connectivity index (χ3v) is 8.28. The van der Waals surface area contributed by atoms with E-state index in [1.165, 1.54) is 16.9 Å². The molecule has 0 saturated carbocycles. The number of aromatic nitrogens is 2. The summed E-state index contributed by atoms with van der Waals surface area (Å²) in [6, 6.07) is 19.7. The number of rotatable bonds is 3. The number of nitrogens with zero attached hydrogens (tertiary/aromatic N) is 4. The lowest BCUT2D eigenvalue weighted by Gasteiger charge is -2.47. The summed E-state index contributed by atoms with van der Waals surface area (Å²) in [5.41, 5.74) is 5.92. The molecule has 0 bridgehead atoms. The van der Waals surface area contributed by atoms with Crippen molar-refractivity contribution in [3.63, 3.8) is 0 Å². The van der Waals surface area contributed by atoms with Gasteiger partial charge in [0.25, 0.3) is 0 Å². The number of benzene rings is 2. The second-order valence-corrected chi connectivity index (χ2v) is 9.71. The summed E-state index contributed by atoms with van der Waals surface area (Å²) < 4.78 is 0. The van der Waals surface area contributed by atoms with Gasteiger partial charge in [-0.05, 0) is 62.3 Å². The fourth-order valence-corrected chi connectivity index (χ4v) is 6.00. The maximum Gasteiger partial charge on any atom is 0.178 e. The topological polar surface area (TPSA) is 32.3 Å². The average molecular weight is 427 g/mol. The van der Waals surface area contributed by atoms with E-state index in [2.05, 4.69) is 106 Å². The first-order valence-corrected chi connectivity index (χ1v) is 12.0. The van der Waals surface area contributed by atoms with Gasteiger partial charge in [-0.3, -0.25) is 0 Å². The van der Waals surface area contributed by atoms with E-state index in [1.54, 1.807) is 0 Å². The number of hydrogen-bond donors (Lipinski definition) is 0. The smallest absolute Gasteiger partial charge is 0.178 e. The Morgan fingerprint density at radius 3 is 2.06 bits per heavy atom. The van der Waals surface area contributed by atoms with Gasteiger partial charge < -0.3 is 9.80 Å². The van der Waals surface area contributed by atoms with Gasteiger partial charge in [0, 0.05) is 16.8 Å². The van der Waals surface area contributed by atoms with E-state index in [1.807, 2.05) is 0 Å². The van der Waals surface area contributed by atoms with Crippen molar-refractivity contribution in [1.29, 1.82) is 0 Å². The molecule has 0 aliphatic carbocycles. The van der Waals surface area contributed by atoms with Crippen LogP contribution in [0.5, 0.6) is 0 Å². The fraction of sp³-hybridized carbons (Fsp3) is 0.429. The minimum absolute atomic E-state index is 0.0275. The second-order valence-electron chi connectivity index (χ2n) is 9.71. The summed E-state index contributed by atoms with van der Waals surface area (Å²) in [5.74, 6) is 2.96. The van der Waals surface area contributed by atoms with Gasteiger partial charge in [-0.1, -0.05) is 64.1 Å². The largest absolute Gasteiger partial charge is 0.301 e. The number of para-hydroxylation sites is 2. The Hall–Kier alpha value is -2.88. The molecule has 2 aliphatic rings. The van der Waals surface area contributed by atoms with Crippen LogP contribution in [-0.2, 0) is 0 Å². The summed E-state index contributed by atoms with van der Waals surface area (Å²) in [6.07, 6.45) is 2.32. The van der Waals surface area contributed by atoms with Crippen molar-refractivity contribution in [3.05, 3.63) is 71.5 Å². The molecule has 3 heterocycles. The van der Waals surface area contributed by atoms with E-state index >= 15 is 0 Å². The van der Waals surface area contributed by atoms with Crippen LogP contribution in [0.1, 0.15) is 63.4 Å². The Balaban J connectivity index is 1.87. The highest BCUT2D eigenvalue weighted by atomic mass is 15.5. The Kier molecular flexibility index (Phi) is 4.99. The summed E-state index contributed by atoms with van der Waals surface area (Å²) in [4.78, 5) is 15.2. The van der Waals surface area contributed by atoms with Gasteiger partial charge in [0.2, 0.25) is 0 Å². The Labute approximate surface area is 192 Å². The molecule has 0 saturated heterocycles. The van der Waals surface area contributed by atoms with Gasteiger partial charge in [-0.15, -0.1) is 0 Å². The first-order chi connectivity index (χ1) is 15.4. The zero-order valence-corrected chi connectivity index (χ0v) is 20.1. The molecule has 0 fully saturated rings. The molecule has 4 atom stereocenters. The molecule has 4 unspecified atom stereocenters. The Morgan fingerprint density at radius 1 is 0.844 bits per heavy atom. The summed E-state index contributed by atoms with van der Waals surface area (Å²) in [5, 5.41) is 0. The predicted octanol–water partition coefficient (Wildman–Crippen LogP) is 7.27. The average Bonchev–Trinajstić information content (AvgIpc) is 3.10. The van der Waals surface area contributed by atoms with Crippen LogP contribution in [0.4, 0.5) is 23.0 Å². The molecule has 1 aromatic heterocycles. The van der Waals surface area contributed by atoms with E-state index in [9.17, 15) is 0 Å². The van der Waals surface area contributed by atoms with Crippen molar-refractivity contribution in [2.75, 3.05) is 9.80 Å². The standard InChI is InChI=1S/C28H34N4/c1-7-22-18(3)28(6,8-2)27-31(21-14-10-9-11-15-21)25-26(30-20(5)19(4)29-25)32(27)24-17-13-12-16-23(22)24/h9-18,22,27H,7-8H2,1-6H3. The van der Waals surface area contributed by atoms with Crippen molar-refractivity contribution in [2.45, 2.75) is 66.5 Å². The molecule has 4 heteroatoms. The normalized spacial score (nSPS) is 26.4. The van der Waals surface area contributed by atoms with Crippen LogP contribution in [0.15, 0.2) is 54.6 Å². The molecule has 5 rings (SSSR count). The van der Waals surface area contributed by atoms with Gasteiger partial charge in [0.15, 0.2) is 11.6 Å². The van der Waals surface area contributed by atoms with E-state index in [0.717, 1.165) is 35.9 Å². The van der Waals surface area contributed by atoms with Crippen molar-refractivity contribution in [2.24, 2.45) is 11.3 Å². The molecule has 4 nitrogen and oxygen atoms in total. The molecular weight excluding hydrogens is 392 g/mol. The molecule has 2 aliphatic heterocycles. The number of fused-ring (bicyclic) bond motifs is 5. The van der Waals surface area contributed by atoms with Crippen LogP contribution in [0, 0.1) is 25.2 Å². The van der Waals surface area contributed by atoms with E-state index in [4.69, 9.17) is 9.97 Å². The van der Waals surface area contributed by atoms with Gasteiger partial charge in [-0.25, -0.2) is 9.97 Å². The number of anilines is 4. The third-order valence-electron chi connectivity index (χ3n) is 8.28. The van der Waals surface area contributed by atoms with Crippen molar-refractivity contribution >= 4 is 23.0 Å². The monoisotopic (exact) mass is 426 g/mol. The van der Waals surface area contributed by atoms with E-state index in [0.29, 0.717) is 11.8 Å². The summed E-state index contributed by atoms with van der Waals surface area (Å²) in [6.45, 7) is 13.8. The highest BCUT2D eigenvalue weighted by Gasteiger charge is 2.55. The highest BCUT2D eigenvalue weighted by molar-refractivity contribution is 5.85. The zero-order chi connectivity index (χ0) is 22.6. The van der Waals surface area contributed by atoms with Crippen LogP contribution in [-0.4, -0.2) is 16.1 Å². The minimum atomic E-state index is 0.0275. The lowest BCUT2D eigenvalue weighted by atomic mass is 9.66. The van der Waals surface area contributed by atoms with Crippen LogP contribution in [0.2, 0.25) is 0 Å². The lowest BCUT2D eigenvalue weighted by molar-refractivity contribution is 0.131. The fourth-order valence-electron chi connectivity index (χ4n) is 6.00. The molecule has 2 aromatic carbocycles. The predicted molar refractivity (Wildman–Crippen MR) is 133 cm³/mol. The minimum Gasteiger partial charge on any atom is -0.301 e. The van der Waals surface area contributed by atoms with Crippen molar-refractivity contribution in [1.82, 2.24) is 9.97 Å². The van der Waals surface area contributed by atoms with Crippen LogP contribution in [0.25, 0.3) is 0 Å². The molecule has 0 amide bonds. The maximum atomic E-state index is 5.15. The molecule has 32 heavy (non-hydrogen) atoms. The van der Waals surface area contributed by atoms with Gasteiger partial charge in [-0.2, -0.15) is 0 Å². The molecule has 0 spiro atoms. The second kappa shape index (κ2) is 7.61. The first-order valence-electron chi connectivity index (χ1n) is 12.0. The van der Waals surface area contributed by atoms with Crippen LogP contribution < -0.4 is 9.80 Å². The molecule has 0 radical (unpaired) electrons. The number of hydrogen-bond acceptors (Lipinski definition) is 4. The zero-order valence-electron chi connectivity index (χ0n) is 20.1. The molecule has 3 aromatic rings. The number of aryl methyl sites for hydroxylation is 2. The van der Waals surface area contributed by atoms with Crippen molar-refractivity contribution in [3.8, 4) is 0 Å². The van der Waals surface area contributed by atoms with Crippen molar-refractivity contribution < 1.29 is 0 Å². The Morgan fingerprint density at radius 2 is 1.44 bits per heavy atom. The van der Waals surface area contributed by atoms with Crippen LogP contribution >= 0.6 is 0 Å². The third kappa shape index (κ3) is 2.81. The first kappa shape index (κ1) is 21.0. The molecule has 166 valence electrons. The van der Waals surface area contributed by atoms with Gasteiger partial charge >= 0.3 is 0 Å². The quantitative estimate of drug-likeness (QED) is 0.441. The molecular formula is C28H34N4. The highest BCUT2D eigenvalue weighted by Crippen LogP contribution is 2.59. The lowest BCUT2D eigenvalue weighted by Crippen LogP contribution is -2.52. The SMILES string of the molecule is CCC1c2ccccc2N2c3nc(C)c(C)nc3N(c3ccccc3)C2C(C)(CC)C1C. The molecule has 0 N–H and O–H groups in total. The maximum absolute atomic E-state index is 5.15. The van der Waals surface area contributed by atoms with Crippen LogP contribution in [0.3, 0.4) is 0 Å². The summed E-state index contributed by atoms with van der Waals surface area (Å²) >= 11 is 0. The Bertz CT molecular complexity index is 1140. The van der Waals surface area contributed by atoms with Gasteiger partial charge in [0.1, 0.15) is 6.17 Å². The van der Waals surface area contributed by atoms with E-state index < -0.39 is 0 Å².